The number of rotatable bonds is 8. The Labute approximate surface area is 319 Å². The first-order chi connectivity index (χ1) is 23.6. The molecule has 1 aliphatic rings. The number of aromatic nitrogens is 1. The Kier molecular flexibility index (Phi) is 12.3. The van der Waals surface area contributed by atoms with Gasteiger partial charge in [-0.2, -0.15) is 0 Å². The number of benzene rings is 4. The summed E-state index contributed by atoms with van der Waals surface area (Å²) < 4.78 is 6.84. The summed E-state index contributed by atoms with van der Waals surface area (Å²) in [6.07, 6.45) is 7.78. The monoisotopic (exact) mass is 863 g/mol. The van der Waals surface area contributed by atoms with Gasteiger partial charge in [0.25, 0.3) is 0 Å². The summed E-state index contributed by atoms with van der Waals surface area (Å²) >= 11 is 0. The number of fused-ring (bicyclic) bond motifs is 5. The summed E-state index contributed by atoms with van der Waals surface area (Å²) in [5, 5.41) is 17.1. The van der Waals surface area contributed by atoms with Crippen LogP contribution < -0.4 is 4.74 Å². The van der Waals surface area contributed by atoms with E-state index >= 15 is 0 Å². The van der Waals surface area contributed by atoms with Crippen molar-refractivity contribution < 1.29 is 34.7 Å². The van der Waals surface area contributed by atoms with Crippen LogP contribution in [0.1, 0.15) is 113 Å². The second-order valence-electron chi connectivity index (χ2n) is 16.5. The van der Waals surface area contributed by atoms with E-state index in [1.54, 1.807) is 0 Å². The van der Waals surface area contributed by atoms with Crippen molar-refractivity contribution in [1.29, 1.82) is 0 Å². The van der Waals surface area contributed by atoms with Gasteiger partial charge in [0, 0.05) is 54.8 Å². The van der Waals surface area contributed by atoms with Crippen molar-refractivity contribution in [3.8, 4) is 22.8 Å². The third-order valence-corrected chi connectivity index (χ3v) is 10.6. The van der Waals surface area contributed by atoms with Gasteiger partial charge in [0.05, 0.1) is 5.75 Å². The molecule has 0 spiro atoms. The van der Waals surface area contributed by atoms with Crippen LogP contribution in [0.15, 0.2) is 72.6 Å². The number of aliphatic hydroxyl groups is 1. The van der Waals surface area contributed by atoms with Crippen LogP contribution in [0.3, 0.4) is 0 Å². The third-order valence-electron chi connectivity index (χ3n) is 10.6. The van der Waals surface area contributed by atoms with Gasteiger partial charge in [0.1, 0.15) is 11.5 Å². The predicted molar refractivity (Wildman–Crippen MR) is 211 cm³/mol. The smallest absolute Gasteiger partial charge is 0.162 e. The van der Waals surface area contributed by atoms with Crippen LogP contribution >= 0.6 is 0 Å². The topological polar surface area (TPSA) is 59.4 Å². The number of hydrogen-bond donors (Lipinski definition) is 1. The molecule has 6 rings (SSSR count). The van der Waals surface area contributed by atoms with Crippen LogP contribution in [-0.2, 0) is 36.7 Å². The van der Waals surface area contributed by atoms with E-state index in [4.69, 9.17) is 9.72 Å². The largest absolute Gasteiger partial charge is 0.512 e. The van der Waals surface area contributed by atoms with Crippen LogP contribution in [0.2, 0.25) is 0 Å². The molecular weight excluding hydrogens is 807 g/mol. The van der Waals surface area contributed by atoms with Crippen LogP contribution in [0.25, 0.3) is 43.6 Å². The molecule has 0 bridgehead atoms. The molecule has 1 radical (unpaired) electrons. The molecule has 0 unspecified atom stereocenters. The molecule has 2 heterocycles. The van der Waals surface area contributed by atoms with E-state index in [2.05, 4.69) is 102 Å². The second-order valence-corrected chi connectivity index (χ2v) is 16.5. The van der Waals surface area contributed by atoms with Gasteiger partial charge in [-0.1, -0.05) is 129 Å². The predicted octanol–water partition coefficient (Wildman–Crippen LogP) is 13.3. The van der Waals surface area contributed by atoms with Crippen molar-refractivity contribution in [2.75, 3.05) is 0 Å². The SMILES string of the molecule is CC(C)(C)Cc1cccc2c1cc1c3c(nccc32)-c2[c-]c3ccccc3c(C(C)(C)C)c2O1.CCC(CC)C(=O)/C=C(\O)C(C)(CC)CC.[Ir]. The Hall–Kier alpha value is -3.53. The summed E-state index contributed by atoms with van der Waals surface area (Å²) in [6, 6.07) is 23.2. The Bertz CT molecular complexity index is 2070. The fourth-order valence-corrected chi connectivity index (χ4v) is 7.26. The second kappa shape index (κ2) is 15.6. The summed E-state index contributed by atoms with van der Waals surface area (Å²) in [4.78, 5) is 16.7. The maximum Gasteiger partial charge on any atom is 0.162 e. The molecule has 273 valence electrons. The maximum atomic E-state index is 11.9. The fourth-order valence-electron chi connectivity index (χ4n) is 7.26. The molecule has 0 saturated heterocycles. The van der Waals surface area contributed by atoms with E-state index < -0.39 is 0 Å². The summed E-state index contributed by atoms with van der Waals surface area (Å²) in [5.41, 5.74) is 4.35. The van der Waals surface area contributed by atoms with Crippen LogP contribution in [0, 0.1) is 22.8 Å². The van der Waals surface area contributed by atoms with E-state index in [1.165, 1.54) is 38.7 Å². The normalized spacial score (nSPS) is 13.1. The molecule has 0 aliphatic carbocycles. The van der Waals surface area contributed by atoms with Gasteiger partial charge >= 0.3 is 0 Å². The minimum absolute atomic E-state index is 0. The van der Waals surface area contributed by atoms with E-state index in [-0.39, 0.29) is 53.8 Å². The fraction of sp³-hybridized carbons (Fsp3) is 0.435. The number of allylic oxidation sites excluding steroid dienone is 2. The molecule has 1 aromatic heterocycles. The number of aliphatic hydroxyl groups excluding tert-OH is 1. The van der Waals surface area contributed by atoms with Crippen molar-refractivity contribution in [2.24, 2.45) is 16.7 Å². The summed E-state index contributed by atoms with van der Waals surface area (Å²) in [6.45, 7) is 23.7. The first-order valence-electron chi connectivity index (χ1n) is 18.5. The zero-order valence-electron chi connectivity index (χ0n) is 32.5. The molecule has 0 atom stereocenters. The van der Waals surface area contributed by atoms with Crippen LogP contribution in [0.5, 0.6) is 11.5 Å². The molecule has 5 heteroatoms. The number of ketones is 1. The van der Waals surface area contributed by atoms with Crippen molar-refractivity contribution in [3.05, 3.63) is 89.8 Å². The van der Waals surface area contributed by atoms with Crippen molar-refractivity contribution in [1.82, 2.24) is 4.98 Å². The summed E-state index contributed by atoms with van der Waals surface area (Å²) in [7, 11) is 0. The van der Waals surface area contributed by atoms with Gasteiger partial charge in [-0.15, -0.1) is 17.5 Å². The molecule has 4 nitrogen and oxygen atoms in total. The van der Waals surface area contributed by atoms with Crippen molar-refractivity contribution >= 4 is 38.1 Å². The Morgan fingerprint density at radius 1 is 0.863 bits per heavy atom. The Morgan fingerprint density at radius 2 is 1.51 bits per heavy atom. The van der Waals surface area contributed by atoms with Gasteiger partial charge in [0.15, 0.2) is 5.78 Å². The number of ether oxygens (including phenoxy) is 1. The third kappa shape index (κ3) is 8.11. The number of pyridine rings is 1. The van der Waals surface area contributed by atoms with Gasteiger partial charge < -0.3 is 9.84 Å². The van der Waals surface area contributed by atoms with Crippen LogP contribution in [0.4, 0.5) is 0 Å². The molecule has 51 heavy (non-hydrogen) atoms. The number of hydrogen-bond acceptors (Lipinski definition) is 4. The number of nitrogens with zero attached hydrogens (tertiary/aromatic N) is 1. The first-order valence-corrected chi connectivity index (χ1v) is 18.5. The zero-order valence-corrected chi connectivity index (χ0v) is 34.9. The average Bonchev–Trinajstić information content (AvgIpc) is 3.07. The average molecular weight is 863 g/mol. The number of carbonyl (C=O) groups excluding carboxylic acids is 1. The molecular formula is C46H56IrNO3-. The van der Waals surface area contributed by atoms with Crippen molar-refractivity contribution in [3.63, 3.8) is 0 Å². The van der Waals surface area contributed by atoms with Gasteiger partial charge in [0.2, 0.25) is 0 Å². The Balaban J connectivity index is 0.000000294. The minimum atomic E-state index is -0.248. The number of carbonyl (C=O) groups is 1. The molecule has 1 aliphatic heterocycles. The minimum Gasteiger partial charge on any atom is -0.512 e. The van der Waals surface area contributed by atoms with E-state index in [9.17, 15) is 9.90 Å². The first kappa shape index (κ1) is 40.2. The molecule has 0 amide bonds. The quantitative estimate of drug-likeness (QED) is 0.0717. The van der Waals surface area contributed by atoms with E-state index in [0.717, 1.165) is 65.6 Å². The molecule has 1 N–H and O–H groups in total. The maximum absolute atomic E-state index is 11.9. The van der Waals surface area contributed by atoms with E-state index in [0.29, 0.717) is 0 Å². The van der Waals surface area contributed by atoms with Crippen LogP contribution in [-0.4, -0.2) is 15.9 Å². The Morgan fingerprint density at radius 3 is 2.12 bits per heavy atom. The van der Waals surface area contributed by atoms with Gasteiger partial charge in [-0.3, -0.25) is 9.78 Å². The van der Waals surface area contributed by atoms with Crippen molar-refractivity contribution in [2.45, 2.75) is 114 Å². The van der Waals surface area contributed by atoms with E-state index in [1.807, 2.05) is 40.8 Å². The van der Waals surface area contributed by atoms with Gasteiger partial charge in [-0.05, 0) is 76.8 Å². The molecule has 5 aromatic rings. The molecule has 0 fully saturated rings. The van der Waals surface area contributed by atoms with Gasteiger partial charge in [-0.25, -0.2) is 0 Å². The molecule has 0 saturated carbocycles. The summed E-state index contributed by atoms with van der Waals surface area (Å²) in [5.74, 6) is 2.16. The standard InChI is InChI=1S/C32H30NO.C14H26O2.Ir/c1-31(2,3)18-20-11-9-13-22-23-14-15-33-29-25-16-19-10-7-8-12-21(19)28(32(4,5)6)30(25)34-26(27(23)29)17-24(20)22;1-6-11(7-2)12(15)10-13(16)14(5,8-3)9-4;/h7-15,17H,18H2,1-6H3;10-11,16H,6-9H2,1-5H3;/q-1;;/b;13-10-;. The molecule has 4 aromatic carbocycles. The zero-order chi connectivity index (χ0) is 36.6.